The molecule has 0 fully saturated rings. The van der Waals surface area contributed by atoms with Gasteiger partial charge in [0.15, 0.2) is 17.4 Å². The fourth-order valence-corrected chi connectivity index (χ4v) is 4.26. The molecule has 0 bridgehead atoms. The van der Waals surface area contributed by atoms with Gasteiger partial charge in [-0.05, 0) is 25.3 Å². The van der Waals surface area contributed by atoms with E-state index < -0.39 is 11.6 Å². The Morgan fingerprint density at radius 2 is 2.03 bits per heavy atom. The fraction of sp³-hybridized carbons (Fsp3) is 0.417. The summed E-state index contributed by atoms with van der Waals surface area (Å²) in [6, 6.07) is 9.15. The first-order chi connectivity index (χ1) is 17.0. The van der Waals surface area contributed by atoms with E-state index in [1.165, 1.54) is 28.7 Å². The average molecular weight is 499 g/mol. The zero-order valence-electron chi connectivity index (χ0n) is 19.9. The molecule has 0 aliphatic carbocycles. The van der Waals surface area contributed by atoms with Gasteiger partial charge < -0.3 is 15.2 Å². The first kappa shape index (κ1) is 26.1. The normalized spacial score (nSPS) is 11.7. The summed E-state index contributed by atoms with van der Waals surface area (Å²) in [6.07, 6.45) is 4.60. The zero-order chi connectivity index (χ0) is 25.0. The topological polar surface area (TPSA) is 132 Å². The van der Waals surface area contributed by atoms with Crippen LogP contribution in [0.4, 0.5) is 5.82 Å². The highest BCUT2D eigenvalue weighted by atomic mass is 32.2. The molecule has 2 heterocycles. The van der Waals surface area contributed by atoms with E-state index in [9.17, 15) is 14.4 Å². The minimum Gasteiger partial charge on any atom is -0.365 e. The van der Waals surface area contributed by atoms with Crippen LogP contribution < -0.4 is 16.2 Å². The van der Waals surface area contributed by atoms with Crippen molar-refractivity contribution < 1.29 is 14.1 Å². The molecule has 35 heavy (non-hydrogen) atoms. The molecule has 2 aromatic heterocycles. The zero-order valence-corrected chi connectivity index (χ0v) is 20.7. The number of aryl methyl sites for hydroxylation is 2. The maximum Gasteiger partial charge on any atom is 0.294 e. The Kier molecular flexibility index (Phi) is 10.0. The maximum atomic E-state index is 12.9. The number of rotatable bonds is 14. The van der Waals surface area contributed by atoms with E-state index in [0.29, 0.717) is 43.3 Å². The van der Waals surface area contributed by atoms with E-state index in [2.05, 4.69) is 25.8 Å². The first-order valence-corrected chi connectivity index (χ1v) is 12.6. The molecule has 1 unspecified atom stereocenters. The summed E-state index contributed by atoms with van der Waals surface area (Å²) in [7, 11) is 0. The van der Waals surface area contributed by atoms with Gasteiger partial charge in [-0.25, -0.2) is 4.98 Å². The van der Waals surface area contributed by atoms with Crippen molar-refractivity contribution in [3.05, 3.63) is 70.4 Å². The number of ketones is 1. The van der Waals surface area contributed by atoms with Crippen LogP contribution >= 0.6 is 11.8 Å². The lowest BCUT2D eigenvalue weighted by molar-refractivity contribution is -0.127. The summed E-state index contributed by atoms with van der Waals surface area (Å²) < 4.78 is 6.42. The molecule has 1 atom stereocenters. The number of carbonyl (C=O) groups excluding carboxylic acids is 2. The Morgan fingerprint density at radius 1 is 1.23 bits per heavy atom. The van der Waals surface area contributed by atoms with Gasteiger partial charge in [-0.1, -0.05) is 42.4 Å². The third-order valence-electron chi connectivity index (χ3n) is 5.16. The number of nitrogens with zero attached hydrogens (tertiary/aromatic N) is 4. The number of hydrogen-bond donors (Lipinski definition) is 2. The quantitative estimate of drug-likeness (QED) is 0.322. The molecule has 1 amide bonds. The third-order valence-corrected chi connectivity index (χ3v) is 6.22. The molecule has 2 N–H and O–H groups in total. The number of Topliss-reactive ketones (excluding diaryl/α,β-unsaturated/α-hetero) is 1. The Labute approximate surface area is 207 Å². The summed E-state index contributed by atoms with van der Waals surface area (Å²) in [6.45, 7) is 3.97. The minimum absolute atomic E-state index is 0.0722. The van der Waals surface area contributed by atoms with E-state index in [1.54, 1.807) is 6.92 Å². The SMILES string of the molecule is CCC(C(=O)NCC(=O)CSCc1ccccc1)n1ccnc(NCCCc2nc(C)no2)c1=O. The van der Waals surface area contributed by atoms with Crippen LogP contribution in [0.5, 0.6) is 0 Å². The van der Waals surface area contributed by atoms with Gasteiger partial charge in [0.1, 0.15) is 6.04 Å². The smallest absolute Gasteiger partial charge is 0.294 e. The molecule has 3 aromatic rings. The molecule has 186 valence electrons. The van der Waals surface area contributed by atoms with Crippen LogP contribution in [0, 0.1) is 6.92 Å². The summed E-state index contributed by atoms with van der Waals surface area (Å²) in [5.74, 6) is 1.87. The summed E-state index contributed by atoms with van der Waals surface area (Å²) in [4.78, 5) is 46.1. The van der Waals surface area contributed by atoms with Gasteiger partial charge in [0.2, 0.25) is 11.8 Å². The molecule has 1 aromatic carbocycles. The number of aromatic nitrogens is 4. The number of thioether (sulfide) groups is 1. The van der Waals surface area contributed by atoms with Gasteiger partial charge >= 0.3 is 0 Å². The predicted molar refractivity (Wildman–Crippen MR) is 134 cm³/mol. The van der Waals surface area contributed by atoms with Crippen LogP contribution in [0.25, 0.3) is 0 Å². The van der Waals surface area contributed by atoms with Gasteiger partial charge in [-0.3, -0.25) is 19.0 Å². The van der Waals surface area contributed by atoms with Crippen LogP contribution in [-0.2, 0) is 21.8 Å². The van der Waals surface area contributed by atoms with Crippen LogP contribution in [0.2, 0.25) is 0 Å². The Balaban J connectivity index is 1.48. The molecule has 10 nitrogen and oxygen atoms in total. The number of nitrogens with one attached hydrogen (secondary N) is 2. The van der Waals surface area contributed by atoms with Crippen LogP contribution in [0.15, 0.2) is 52.0 Å². The van der Waals surface area contributed by atoms with Gasteiger partial charge in [-0.15, -0.1) is 11.8 Å². The van der Waals surface area contributed by atoms with Crippen molar-refractivity contribution in [2.75, 3.05) is 24.2 Å². The molecule has 0 aliphatic rings. The molecule has 0 saturated carbocycles. The number of amides is 1. The first-order valence-electron chi connectivity index (χ1n) is 11.5. The van der Waals surface area contributed by atoms with Gasteiger partial charge in [0, 0.05) is 31.1 Å². The molecule has 0 radical (unpaired) electrons. The predicted octanol–water partition coefficient (Wildman–Crippen LogP) is 2.55. The Hall–Kier alpha value is -3.47. The standard InChI is InChI=1S/C24H30N6O4S/c1-3-20(23(32)27-14-19(31)16-35-15-18-8-5-4-6-9-18)30-13-12-26-22(24(30)33)25-11-7-10-21-28-17(2)29-34-21/h4-6,8-9,12-13,20H,3,7,10-11,14-16H2,1-2H3,(H,25,26)(H,27,32). The Morgan fingerprint density at radius 3 is 2.74 bits per heavy atom. The van der Waals surface area contributed by atoms with Crippen molar-refractivity contribution in [3.63, 3.8) is 0 Å². The minimum atomic E-state index is -0.739. The molecule has 0 saturated heterocycles. The van der Waals surface area contributed by atoms with E-state index in [1.807, 2.05) is 37.3 Å². The van der Waals surface area contributed by atoms with Crippen LogP contribution in [0.1, 0.15) is 43.1 Å². The molecule has 0 aliphatic heterocycles. The molecule has 11 heteroatoms. The lowest BCUT2D eigenvalue weighted by Gasteiger charge is -2.18. The second kappa shape index (κ2) is 13.4. The highest BCUT2D eigenvalue weighted by Crippen LogP contribution is 2.12. The molecule has 0 spiro atoms. The van der Waals surface area contributed by atoms with Gasteiger partial charge in [0.25, 0.3) is 5.56 Å². The van der Waals surface area contributed by atoms with Crippen molar-refractivity contribution in [3.8, 4) is 0 Å². The van der Waals surface area contributed by atoms with E-state index >= 15 is 0 Å². The number of benzene rings is 1. The van der Waals surface area contributed by atoms with Gasteiger partial charge in [0.05, 0.1) is 12.3 Å². The second-order valence-electron chi connectivity index (χ2n) is 7.91. The fourth-order valence-electron chi connectivity index (χ4n) is 3.40. The average Bonchev–Trinajstić information content (AvgIpc) is 3.28. The van der Waals surface area contributed by atoms with Crippen LogP contribution in [0.3, 0.4) is 0 Å². The highest BCUT2D eigenvalue weighted by molar-refractivity contribution is 7.99. The maximum absolute atomic E-state index is 12.9. The number of hydrogen-bond acceptors (Lipinski definition) is 9. The van der Waals surface area contributed by atoms with E-state index in [-0.39, 0.29) is 24.1 Å². The number of carbonyl (C=O) groups is 2. The van der Waals surface area contributed by atoms with Gasteiger partial charge in [-0.2, -0.15) is 4.98 Å². The summed E-state index contributed by atoms with van der Waals surface area (Å²) in [5.41, 5.74) is 0.750. The molecular formula is C24H30N6O4S. The lowest BCUT2D eigenvalue weighted by Crippen LogP contribution is -2.40. The number of anilines is 1. The Bertz CT molecular complexity index is 1160. The highest BCUT2D eigenvalue weighted by Gasteiger charge is 2.21. The van der Waals surface area contributed by atoms with E-state index in [0.717, 1.165) is 11.3 Å². The van der Waals surface area contributed by atoms with Crippen molar-refractivity contribution in [1.29, 1.82) is 0 Å². The van der Waals surface area contributed by atoms with Crippen molar-refractivity contribution in [2.45, 2.75) is 44.9 Å². The lowest BCUT2D eigenvalue weighted by atomic mass is 10.2. The monoisotopic (exact) mass is 498 g/mol. The molecular weight excluding hydrogens is 468 g/mol. The third kappa shape index (κ3) is 8.06. The van der Waals surface area contributed by atoms with Crippen molar-refractivity contribution >= 4 is 29.3 Å². The van der Waals surface area contributed by atoms with Crippen LogP contribution in [-0.4, -0.2) is 50.2 Å². The largest absolute Gasteiger partial charge is 0.365 e. The van der Waals surface area contributed by atoms with Crippen molar-refractivity contribution in [2.24, 2.45) is 0 Å². The summed E-state index contributed by atoms with van der Waals surface area (Å²) in [5, 5.41) is 9.43. The summed E-state index contributed by atoms with van der Waals surface area (Å²) >= 11 is 1.50. The second-order valence-corrected chi connectivity index (χ2v) is 8.90. The van der Waals surface area contributed by atoms with E-state index in [4.69, 9.17) is 4.52 Å². The van der Waals surface area contributed by atoms with Crippen molar-refractivity contribution in [1.82, 2.24) is 25.0 Å². The molecule has 3 rings (SSSR count).